The Balaban J connectivity index is 1.58. The molecular weight excluding hydrogens is 633 g/mol. The number of rotatable bonds is 14. The number of methoxy groups -OCH3 is 1. The van der Waals surface area contributed by atoms with Crippen molar-refractivity contribution in [2.24, 2.45) is 0 Å². The van der Waals surface area contributed by atoms with Gasteiger partial charge in [-0.05, 0) is 60.7 Å². The molecule has 3 aromatic carbocycles. The van der Waals surface area contributed by atoms with Crippen LogP contribution in [0.2, 0.25) is 10.0 Å². The number of carbonyl (C=O) groups excluding carboxylic acids is 2. The van der Waals surface area contributed by atoms with E-state index in [1.54, 1.807) is 29.2 Å². The SMILES string of the molecule is COc1ccc(N(CCCC(=O)N(Cc2ccc(Cl)cc2)[C@@H](Cc2ccccc2)C(=O)NC2CCCCC2)S(C)(=O)=O)cc1Cl. The van der Waals surface area contributed by atoms with Crippen molar-refractivity contribution in [1.29, 1.82) is 0 Å². The van der Waals surface area contributed by atoms with Gasteiger partial charge < -0.3 is 15.0 Å². The highest BCUT2D eigenvalue weighted by Crippen LogP contribution is 2.30. The minimum Gasteiger partial charge on any atom is -0.495 e. The predicted octanol–water partition coefficient (Wildman–Crippen LogP) is 6.64. The van der Waals surface area contributed by atoms with Gasteiger partial charge in [-0.25, -0.2) is 8.42 Å². The average Bonchev–Trinajstić information content (AvgIpc) is 3.02. The van der Waals surface area contributed by atoms with Gasteiger partial charge in [-0.15, -0.1) is 0 Å². The zero-order valence-electron chi connectivity index (χ0n) is 25.8. The Morgan fingerprint density at radius 2 is 1.64 bits per heavy atom. The van der Waals surface area contributed by atoms with Gasteiger partial charge in [0.1, 0.15) is 11.8 Å². The molecule has 45 heavy (non-hydrogen) atoms. The van der Waals surface area contributed by atoms with E-state index in [0.717, 1.165) is 49.5 Å². The second-order valence-electron chi connectivity index (χ2n) is 11.5. The molecule has 0 aromatic heterocycles. The Bertz CT molecular complexity index is 1530. The molecule has 0 radical (unpaired) electrons. The first-order valence-corrected chi connectivity index (χ1v) is 17.8. The van der Waals surface area contributed by atoms with E-state index in [1.165, 1.54) is 17.5 Å². The van der Waals surface area contributed by atoms with Crippen molar-refractivity contribution in [3.63, 3.8) is 0 Å². The normalized spacial score (nSPS) is 14.4. The Hall–Kier alpha value is -3.27. The third kappa shape index (κ3) is 10.1. The molecule has 1 aliphatic carbocycles. The van der Waals surface area contributed by atoms with Crippen LogP contribution in [-0.4, -0.2) is 57.1 Å². The monoisotopic (exact) mass is 673 g/mol. The van der Waals surface area contributed by atoms with Gasteiger partial charge in [-0.1, -0.05) is 84.9 Å². The largest absolute Gasteiger partial charge is 0.495 e. The lowest BCUT2D eigenvalue weighted by molar-refractivity contribution is -0.141. The van der Waals surface area contributed by atoms with Gasteiger partial charge in [0.15, 0.2) is 0 Å². The third-order valence-corrected chi connectivity index (χ3v) is 9.81. The standard InChI is InChI=1S/C34H41Cl2N3O5S/c1-44-32-20-19-29(23-30(32)36)39(45(2,42)43)21-9-14-33(40)38(24-26-15-17-27(35)18-16-26)31(22-25-10-5-3-6-11-25)34(41)37-28-12-7-4-8-13-28/h3,5-6,10-11,15-20,23,28,31H,4,7-9,12-14,21-22,24H2,1-2H3,(H,37,41)/t31-/m0/s1. The van der Waals surface area contributed by atoms with Crippen molar-refractivity contribution in [2.45, 2.75) is 70.0 Å². The number of halogens is 2. The first kappa shape index (κ1) is 34.6. The van der Waals surface area contributed by atoms with Crippen LogP contribution < -0.4 is 14.4 Å². The maximum absolute atomic E-state index is 14.1. The van der Waals surface area contributed by atoms with E-state index < -0.39 is 16.1 Å². The van der Waals surface area contributed by atoms with Gasteiger partial charge in [0, 0.05) is 37.0 Å². The minimum absolute atomic E-state index is 0.0332. The molecule has 4 rings (SSSR count). The van der Waals surface area contributed by atoms with E-state index in [0.29, 0.717) is 22.9 Å². The van der Waals surface area contributed by atoms with Crippen LogP contribution in [-0.2, 0) is 32.6 Å². The number of nitrogens with zero attached hydrogens (tertiary/aromatic N) is 2. The number of amides is 2. The fourth-order valence-corrected chi connectivity index (χ4v) is 7.03. The van der Waals surface area contributed by atoms with Crippen LogP contribution in [0.4, 0.5) is 5.69 Å². The highest BCUT2D eigenvalue weighted by molar-refractivity contribution is 7.92. The minimum atomic E-state index is -3.68. The zero-order chi connectivity index (χ0) is 32.4. The predicted molar refractivity (Wildman–Crippen MR) is 180 cm³/mol. The number of ether oxygens (including phenoxy) is 1. The maximum Gasteiger partial charge on any atom is 0.243 e. The van der Waals surface area contributed by atoms with E-state index in [-0.39, 0.29) is 48.8 Å². The van der Waals surface area contributed by atoms with Crippen LogP contribution in [0.15, 0.2) is 72.8 Å². The van der Waals surface area contributed by atoms with Crippen LogP contribution in [0.3, 0.4) is 0 Å². The van der Waals surface area contributed by atoms with Gasteiger partial charge in [0.25, 0.3) is 0 Å². The smallest absolute Gasteiger partial charge is 0.243 e. The fourth-order valence-electron chi connectivity index (χ4n) is 5.70. The summed E-state index contributed by atoms with van der Waals surface area (Å²) in [5.74, 6) is 0.00226. The Kier molecular flexibility index (Phi) is 12.6. The van der Waals surface area contributed by atoms with Crippen molar-refractivity contribution in [3.8, 4) is 5.75 Å². The average molecular weight is 675 g/mol. The third-order valence-electron chi connectivity index (χ3n) is 8.06. The summed E-state index contributed by atoms with van der Waals surface area (Å²) >= 11 is 12.4. The van der Waals surface area contributed by atoms with Crippen LogP contribution in [0.25, 0.3) is 0 Å². The number of benzene rings is 3. The van der Waals surface area contributed by atoms with Crippen molar-refractivity contribution in [1.82, 2.24) is 10.2 Å². The van der Waals surface area contributed by atoms with E-state index in [4.69, 9.17) is 27.9 Å². The van der Waals surface area contributed by atoms with Crippen LogP contribution >= 0.6 is 23.2 Å². The molecule has 1 aliphatic rings. The second-order valence-corrected chi connectivity index (χ2v) is 14.2. The lowest BCUT2D eigenvalue weighted by atomic mass is 9.94. The first-order chi connectivity index (χ1) is 21.5. The Morgan fingerprint density at radius 1 is 0.956 bits per heavy atom. The molecule has 1 atom stereocenters. The van der Waals surface area contributed by atoms with Gasteiger partial charge >= 0.3 is 0 Å². The highest BCUT2D eigenvalue weighted by Gasteiger charge is 2.32. The van der Waals surface area contributed by atoms with Crippen molar-refractivity contribution < 1.29 is 22.7 Å². The van der Waals surface area contributed by atoms with E-state index in [1.807, 2.05) is 42.5 Å². The molecule has 1 fully saturated rings. The van der Waals surface area contributed by atoms with Crippen molar-refractivity contribution in [3.05, 3.63) is 94.0 Å². The summed E-state index contributed by atoms with van der Waals surface area (Å²) in [4.78, 5) is 29.6. The summed E-state index contributed by atoms with van der Waals surface area (Å²) in [6.07, 6.45) is 6.87. The Morgan fingerprint density at radius 3 is 2.27 bits per heavy atom. The number of carbonyl (C=O) groups is 2. The van der Waals surface area contributed by atoms with Crippen LogP contribution in [0, 0.1) is 0 Å². The zero-order valence-corrected chi connectivity index (χ0v) is 28.1. The number of nitrogens with one attached hydrogen (secondary N) is 1. The number of hydrogen-bond donors (Lipinski definition) is 1. The summed E-state index contributed by atoms with van der Waals surface area (Å²) < 4.78 is 31.9. The summed E-state index contributed by atoms with van der Waals surface area (Å²) in [5.41, 5.74) is 2.15. The molecule has 1 saturated carbocycles. The van der Waals surface area contributed by atoms with Gasteiger partial charge in [-0.2, -0.15) is 0 Å². The summed E-state index contributed by atoms with van der Waals surface area (Å²) in [7, 11) is -2.20. The number of anilines is 1. The van der Waals surface area contributed by atoms with Gasteiger partial charge in [0.05, 0.1) is 24.1 Å². The molecule has 0 heterocycles. The first-order valence-electron chi connectivity index (χ1n) is 15.2. The van der Waals surface area contributed by atoms with E-state index in [2.05, 4.69) is 5.32 Å². The Labute approximate surface area is 276 Å². The lowest BCUT2D eigenvalue weighted by Gasteiger charge is -2.34. The quantitative estimate of drug-likeness (QED) is 0.207. The maximum atomic E-state index is 14.1. The molecule has 3 aromatic rings. The molecule has 242 valence electrons. The molecule has 8 nitrogen and oxygen atoms in total. The molecule has 0 aliphatic heterocycles. The molecule has 2 amide bonds. The van der Waals surface area contributed by atoms with Gasteiger partial charge in [-0.3, -0.25) is 13.9 Å². The second kappa shape index (κ2) is 16.3. The topological polar surface area (TPSA) is 96.0 Å². The molecule has 0 bridgehead atoms. The number of hydrogen-bond acceptors (Lipinski definition) is 5. The van der Waals surface area contributed by atoms with Crippen LogP contribution in [0.1, 0.15) is 56.1 Å². The molecule has 11 heteroatoms. The highest BCUT2D eigenvalue weighted by atomic mass is 35.5. The molecule has 0 unspecified atom stereocenters. The molecular formula is C34H41Cl2N3O5S. The fraction of sp³-hybridized carbons (Fsp3) is 0.412. The van der Waals surface area contributed by atoms with E-state index in [9.17, 15) is 18.0 Å². The molecule has 0 spiro atoms. The van der Waals surface area contributed by atoms with Crippen molar-refractivity contribution in [2.75, 3.05) is 24.2 Å². The summed E-state index contributed by atoms with van der Waals surface area (Å²) in [6.45, 7) is 0.259. The van der Waals surface area contributed by atoms with E-state index >= 15 is 0 Å². The van der Waals surface area contributed by atoms with Crippen LogP contribution in [0.5, 0.6) is 5.75 Å². The van der Waals surface area contributed by atoms with Gasteiger partial charge in [0.2, 0.25) is 21.8 Å². The summed E-state index contributed by atoms with van der Waals surface area (Å²) in [6, 6.07) is 21.0. The lowest BCUT2D eigenvalue weighted by Crippen LogP contribution is -2.52. The molecule has 1 N–H and O–H groups in total. The number of sulfonamides is 1. The van der Waals surface area contributed by atoms with Crippen molar-refractivity contribution >= 4 is 50.7 Å². The summed E-state index contributed by atoms with van der Waals surface area (Å²) in [5, 5.41) is 4.09. The molecule has 0 saturated heterocycles.